The summed E-state index contributed by atoms with van der Waals surface area (Å²) in [6.07, 6.45) is 4.51. The molecule has 0 aliphatic carbocycles. The molecule has 0 unspecified atom stereocenters. The molecule has 0 aliphatic heterocycles. The molecule has 5 heteroatoms. The van der Waals surface area contributed by atoms with E-state index in [4.69, 9.17) is 4.52 Å². The Morgan fingerprint density at radius 1 is 1.19 bits per heavy atom. The van der Waals surface area contributed by atoms with Crippen LogP contribution in [-0.2, 0) is 9.09 Å². The first-order valence-corrected chi connectivity index (χ1v) is 6.38. The largest absolute Gasteiger partial charge is 0.324 e. The molecule has 1 heterocycles. The summed E-state index contributed by atoms with van der Waals surface area (Å²) in [7, 11) is -1.66. The van der Waals surface area contributed by atoms with Crippen LogP contribution < -0.4 is 10.7 Å². The Bertz CT molecular complexity index is 458. The second kappa shape index (κ2) is 4.56. The van der Waals surface area contributed by atoms with Crippen molar-refractivity contribution in [3.05, 3.63) is 48.9 Å². The van der Waals surface area contributed by atoms with Gasteiger partial charge in [0.1, 0.15) is 5.44 Å². The Kier molecular flexibility index (Phi) is 3.13. The van der Waals surface area contributed by atoms with Gasteiger partial charge in [-0.2, -0.15) is 0 Å². The van der Waals surface area contributed by atoms with Crippen LogP contribution in [0, 0.1) is 0 Å². The van der Waals surface area contributed by atoms with E-state index in [1.165, 1.54) is 25.7 Å². The minimum atomic E-state index is -3.08. The summed E-state index contributed by atoms with van der Waals surface area (Å²) in [6.45, 7) is 0. The van der Waals surface area contributed by atoms with Crippen LogP contribution in [-0.4, -0.2) is 17.1 Å². The fourth-order valence-electron chi connectivity index (χ4n) is 1.40. The van der Waals surface area contributed by atoms with Gasteiger partial charge in [0.2, 0.25) is 0 Å². The van der Waals surface area contributed by atoms with Gasteiger partial charge in [-0.05, 0) is 12.1 Å². The van der Waals surface area contributed by atoms with Crippen molar-refractivity contribution in [3.63, 3.8) is 0 Å². The Morgan fingerprint density at radius 2 is 1.94 bits per heavy atom. The molecule has 0 aliphatic rings. The van der Waals surface area contributed by atoms with E-state index in [0.29, 0.717) is 10.7 Å². The van der Waals surface area contributed by atoms with E-state index in [2.05, 4.69) is 9.97 Å². The molecule has 0 saturated heterocycles. The van der Waals surface area contributed by atoms with E-state index in [0.717, 1.165) is 0 Å². The smallest absolute Gasteiger partial charge is 0.280 e. The van der Waals surface area contributed by atoms with E-state index in [1.54, 1.807) is 12.1 Å². The summed E-state index contributed by atoms with van der Waals surface area (Å²) < 4.78 is 17.8. The van der Waals surface area contributed by atoms with Crippen molar-refractivity contribution in [2.75, 3.05) is 7.11 Å². The average molecular weight is 234 g/mol. The standard InChI is InChI=1S/C11H11N2O2P/c1-15-16(14,10-5-3-2-4-6-10)11-9-12-7-8-13-11/h2-9H,1H3/t16-/m1/s1. The van der Waals surface area contributed by atoms with E-state index in [9.17, 15) is 4.57 Å². The van der Waals surface area contributed by atoms with Crippen molar-refractivity contribution in [2.45, 2.75) is 0 Å². The minimum Gasteiger partial charge on any atom is -0.324 e. The maximum atomic E-state index is 12.7. The molecule has 4 nitrogen and oxygen atoms in total. The Morgan fingerprint density at radius 3 is 2.50 bits per heavy atom. The maximum Gasteiger partial charge on any atom is 0.280 e. The monoisotopic (exact) mass is 234 g/mol. The van der Waals surface area contributed by atoms with Gasteiger partial charge >= 0.3 is 0 Å². The molecule has 0 spiro atoms. The molecule has 0 amide bonds. The van der Waals surface area contributed by atoms with Gasteiger partial charge in [-0.15, -0.1) is 0 Å². The molecule has 0 bridgehead atoms. The number of rotatable bonds is 3. The second-order valence-corrected chi connectivity index (χ2v) is 5.58. The lowest BCUT2D eigenvalue weighted by atomic mass is 10.4. The molecule has 82 valence electrons. The van der Waals surface area contributed by atoms with Gasteiger partial charge in [-0.1, -0.05) is 18.2 Å². The van der Waals surface area contributed by atoms with Crippen molar-refractivity contribution < 1.29 is 9.09 Å². The van der Waals surface area contributed by atoms with Crippen molar-refractivity contribution in [1.29, 1.82) is 0 Å². The van der Waals surface area contributed by atoms with Crippen LogP contribution in [0.25, 0.3) is 0 Å². The highest BCUT2D eigenvalue weighted by Crippen LogP contribution is 2.42. The summed E-state index contributed by atoms with van der Waals surface area (Å²) in [5.41, 5.74) is 0.365. The van der Waals surface area contributed by atoms with Crippen LogP contribution >= 0.6 is 7.37 Å². The van der Waals surface area contributed by atoms with Gasteiger partial charge in [-0.25, -0.2) is 4.98 Å². The van der Waals surface area contributed by atoms with E-state index >= 15 is 0 Å². The molecule has 1 atom stereocenters. The minimum absolute atomic E-state index is 0.365. The third-order valence-corrected chi connectivity index (χ3v) is 4.53. The first-order chi connectivity index (χ1) is 7.77. The Balaban J connectivity index is 2.54. The van der Waals surface area contributed by atoms with Crippen molar-refractivity contribution in [1.82, 2.24) is 9.97 Å². The summed E-state index contributed by atoms with van der Waals surface area (Å²) >= 11 is 0. The number of benzene rings is 1. The van der Waals surface area contributed by atoms with E-state index < -0.39 is 7.37 Å². The summed E-state index contributed by atoms with van der Waals surface area (Å²) in [5, 5.41) is 0.623. The van der Waals surface area contributed by atoms with Crippen LogP contribution in [0.1, 0.15) is 0 Å². The third-order valence-electron chi connectivity index (χ3n) is 2.20. The summed E-state index contributed by atoms with van der Waals surface area (Å²) in [4.78, 5) is 7.96. The predicted octanol–water partition coefficient (Wildman–Crippen LogP) is 1.35. The molecule has 2 rings (SSSR count). The van der Waals surface area contributed by atoms with E-state index in [-0.39, 0.29) is 0 Å². The SMILES string of the molecule is CO[P@](=O)(c1ccccc1)c1cnccn1. The molecule has 2 aromatic rings. The number of aromatic nitrogens is 2. The van der Waals surface area contributed by atoms with Gasteiger partial charge in [0.25, 0.3) is 7.37 Å². The van der Waals surface area contributed by atoms with Crippen LogP contribution in [0.4, 0.5) is 0 Å². The molecule has 1 aromatic heterocycles. The normalized spacial score (nSPS) is 14.3. The summed E-state index contributed by atoms with van der Waals surface area (Å²) in [5.74, 6) is 0. The number of hydrogen-bond donors (Lipinski definition) is 0. The van der Waals surface area contributed by atoms with Gasteiger partial charge < -0.3 is 4.52 Å². The molecule has 0 fully saturated rings. The molecule has 0 radical (unpaired) electrons. The van der Waals surface area contributed by atoms with Crippen LogP contribution in [0.15, 0.2) is 48.9 Å². The average Bonchev–Trinajstić information content (AvgIpc) is 2.40. The van der Waals surface area contributed by atoms with Gasteiger partial charge in [0.15, 0.2) is 0 Å². The fraction of sp³-hybridized carbons (Fsp3) is 0.0909. The van der Waals surface area contributed by atoms with Crippen molar-refractivity contribution in [2.24, 2.45) is 0 Å². The number of nitrogens with zero attached hydrogens (tertiary/aromatic N) is 2. The fourth-order valence-corrected chi connectivity index (χ4v) is 3.06. The van der Waals surface area contributed by atoms with Gasteiger partial charge in [0, 0.05) is 24.8 Å². The molecule has 0 saturated carbocycles. The highest BCUT2D eigenvalue weighted by molar-refractivity contribution is 7.74. The lowest BCUT2D eigenvalue weighted by Gasteiger charge is -2.14. The van der Waals surface area contributed by atoms with Crippen molar-refractivity contribution >= 4 is 18.1 Å². The predicted molar refractivity (Wildman–Crippen MR) is 62.4 cm³/mol. The van der Waals surface area contributed by atoms with Crippen LogP contribution in [0.2, 0.25) is 0 Å². The van der Waals surface area contributed by atoms with Crippen LogP contribution in [0.3, 0.4) is 0 Å². The van der Waals surface area contributed by atoms with Gasteiger partial charge in [-0.3, -0.25) is 9.55 Å². The lowest BCUT2D eigenvalue weighted by Crippen LogP contribution is -2.20. The van der Waals surface area contributed by atoms with Crippen molar-refractivity contribution in [3.8, 4) is 0 Å². The zero-order valence-corrected chi connectivity index (χ0v) is 9.67. The van der Waals surface area contributed by atoms with Gasteiger partial charge in [0.05, 0.1) is 6.20 Å². The van der Waals surface area contributed by atoms with E-state index in [1.807, 2.05) is 18.2 Å². The zero-order chi connectivity index (χ0) is 11.4. The molecular weight excluding hydrogens is 223 g/mol. The molecular formula is C11H11N2O2P. The van der Waals surface area contributed by atoms with Crippen LogP contribution in [0.5, 0.6) is 0 Å². The Labute approximate surface area is 93.8 Å². The second-order valence-electron chi connectivity index (χ2n) is 3.13. The quantitative estimate of drug-likeness (QED) is 0.752. The maximum absolute atomic E-state index is 12.7. The highest BCUT2D eigenvalue weighted by atomic mass is 31.2. The first kappa shape index (κ1) is 11.0. The molecule has 0 N–H and O–H groups in total. The Hall–Kier alpha value is -1.51. The third kappa shape index (κ3) is 1.90. The highest BCUT2D eigenvalue weighted by Gasteiger charge is 2.28. The lowest BCUT2D eigenvalue weighted by molar-refractivity contribution is 0.411. The number of hydrogen-bond acceptors (Lipinski definition) is 4. The molecule has 16 heavy (non-hydrogen) atoms. The molecule has 1 aromatic carbocycles. The zero-order valence-electron chi connectivity index (χ0n) is 8.78. The summed E-state index contributed by atoms with van der Waals surface area (Å²) in [6, 6.07) is 9.02. The topological polar surface area (TPSA) is 52.1 Å². The first-order valence-electron chi connectivity index (χ1n) is 4.75.